The smallest absolute Gasteiger partial charge is 0.310 e. The first-order chi connectivity index (χ1) is 9.97. The minimum Gasteiger partial charge on any atom is -0.481 e. The topological polar surface area (TPSA) is 75.6 Å². The van der Waals surface area contributed by atoms with E-state index in [1.54, 1.807) is 12.1 Å². The highest BCUT2D eigenvalue weighted by Crippen LogP contribution is 2.44. The quantitative estimate of drug-likeness (QED) is 0.894. The Morgan fingerprint density at radius 2 is 1.81 bits per heavy atom. The summed E-state index contributed by atoms with van der Waals surface area (Å²) >= 11 is 11.7. The number of nitrogens with one attached hydrogen (secondary N) is 1. The molecule has 5 nitrogen and oxygen atoms in total. The molecule has 112 valence electrons. The van der Waals surface area contributed by atoms with Crippen LogP contribution < -0.4 is 5.32 Å². The molecule has 21 heavy (non-hydrogen) atoms. The van der Waals surface area contributed by atoms with Gasteiger partial charge in [-0.05, 0) is 31.0 Å². The molecule has 2 saturated heterocycles. The molecule has 2 fully saturated rings. The molecule has 0 aliphatic carbocycles. The van der Waals surface area contributed by atoms with Crippen LogP contribution in [0.1, 0.15) is 12.8 Å². The number of rotatable bonds is 3. The molecule has 2 bridgehead atoms. The third-order valence-electron chi connectivity index (χ3n) is 4.05. The van der Waals surface area contributed by atoms with E-state index in [9.17, 15) is 14.7 Å². The molecule has 1 amide bonds. The fraction of sp³-hybridized carbons (Fsp3) is 0.429. The van der Waals surface area contributed by atoms with Crippen LogP contribution in [0.3, 0.4) is 0 Å². The molecule has 0 saturated carbocycles. The van der Waals surface area contributed by atoms with Crippen molar-refractivity contribution in [3.05, 3.63) is 28.2 Å². The van der Waals surface area contributed by atoms with Crippen LogP contribution in [-0.2, 0) is 14.3 Å². The van der Waals surface area contributed by atoms with Crippen molar-refractivity contribution < 1.29 is 19.4 Å². The van der Waals surface area contributed by atoms with Gasteiger partial charge < -0.3 is 15.2 Å². The maximum atomic E-state index is 12.4. The van der Waals surface area contributed by atoms with E-state index in [0.717, 1.165) is 0 Å². The minimum atomic E-state index is -0.989. The molecule has 1 aromatic carbocycles. The van der Waals surface area contributed by atoms with Crippen molar-refractivity contribution in [3.8, 4) is 0 Å². The van der Waals surface area contributed by atoms with E-state index in [1.807, 2.05) is 0 Å². The number of ether oxygens (including phenoxy) is 1. The Kier molecular flexibility index (Phi) is 3.82. The summed E-state index contributed by atoms with van der Waals surface area (Å²) in [6.45, 7) is 0. The van der Waals surface area contributed by atoms with Crippen molar-refractivity contribution in [2.24, 2.45) is 11.8 Å². The fourth-order valence-corrected chi connectivity index (χ4v) is 3.42. The van der Waals surface area contributed by atoms with Gasteiger partial charge in [-0.25, -0.2) is 0 Å². The zero-order valence-corrected chi connectivity index (χ0v) is 12.4. The van der Waals surface area contributed by atoms with Crippen LogP contribution in [0.5, 0.6) is 0 Å². The highest BCUT2D eigenvalue weighted by atomic mass is 35.5. The van der Waals surface area contributed by atoms with Gasteiger partial charge >= 0.3 is 5.97 Å². The van der Waals surface area contributed by atoms with Gasteiger partial charge in [0.2, 0.25) is 5.91 Å². The Balaban J connectivity index is 1.78. The normalized spacial score (nSPS) is 30.4. The number of carbonyl (C=O) groups excluding carboxylic acids is 1. The number of carboxylic acids is 1. The average molecular weight is 330 g/mol. The van der Waals surface area contributed by atoms with Crippen LogP contribution >= 0.6 is 23.2 Å². The monoisotopic (exact) mass is 329 g/mol. The SMILES string of the molecule is O=C(Nc1ccc(Cl)c(Cl)c1)[C@H]1[C@H](C(=O)O)[C@H]2CC[C@@H]1O2. The molecule has 4 atom stereocenters. The van der Waals surface area contributed by atoms with Gasteiger partial charge in [-0.3, -0.25) is 9.59 Å². The second-order valence-electron chi connectivity index (χ2n) is 5.30. The Labute approximate surface area is 131 Å². The number of carboxylic acid groups (broad SMARTS) is 1. The van der Waals surface area contributed by atoms with Crippen molar-refractivity contribution in [2.45, 2.75) is 25.0 Å². The third-order valence-corrected chi connectivity index (χ3v) is 4.79. The van der Waals surface area contributed by atoms with Gasteiger partial charge in [0.1, 0.15) is 0 Å². The van der Waals surface area contributed by atoms with E-state index < -0.39 is 17.8 Å². The Morgan fingerprint density at radius 1 is 1.14 bits per heavy atom. The summed E-state index contributed by atoms with van der Waals surface area (Å²) in [5, 5.41) is 12.7. The molecule has 1 aromatic rings. The van der Waals surface area contributed by atoms with Crippen molar-refractivity contribution in [2.75, 3.05) is 5.32 Å². The lowest BCUT2D eigenvalue weighted by Gasteiger charge is -2.23. The van der Waals surface area contributed by atoms with E-state index in [1.165, 1.54) is 6.07 Å². The van der Waals surface area contributed by atoms with E-state index in [0.29, 0.717) is 28.6 Å². The van der Waals surface area contributed by atoms with Crippen LogP contribution in [0.4, 0.5) is 5.69 Å². The summed E-state index contributed by atoms with van der Waals surface area (Å²) in [5.74, 6) is -2.80. The highest BCUT2D eigenvalue weighted by molar-refractivity contribution is 6.42. The maximum Gasteiger partial charge on any atom is 0.310 e. The number of hydrogen-bond donors (Lipinski definition) is 2. The Bertz CT molecular complexity index is 607. The number of benzene rings is 1. The summed E-state index contributed by atoms with van der Waals surface area (Å²) in [6, 6.07) is 4.73. The van der Waals surface area contributed by atoms with Gasteiger partial charge in [0.25, 0.3) is 0 Å². The van der Waals surface area contributed by atoms with E-state index in [4.69, 9.17) is 27.9 Å². The number of hydrogen-bond acceptors (Lipinski definition) is 3. The first-order valence-electron chi connectivity index (χ1n) is 6.61. The lowest BCUT2D eigenvalue weighted by atomic mass is 9.78. The predicted octanol–water partition coefficient (Wildman–Crippen LogP) is 2.81. The standard InChI is InChI=1S/C14H13Cl2NO4/c15-7-2-1-6(5-8(7)16)17-13(18)11-9-3-4-10(21-9)12(11)14(19)20/h1-2,5,9-12H,3-4H2,(H,17,18)(H,19,20)/t9-,10+,11+,12+/m0/s1. The molecule has 7 heteroatoms. The molecule has 0 aromatic heterocycles. The first kappa shape index (κ1) is 14.6. The van der Waals surface area contributed by atoms with Gasteiger partial charge in [0.05, 0.1) is 34.1 Å². The summed E-state index contributed by atoms with van der Waals surface area (Å²) in [7, 11) is 0. The van der Waals surface area contributed by atoms with Crippen LogP contribution in [0.25, 0.3) is 0 Å². The van der Waals surface area contributed by atoms with Crippen molar-refractivity contribution in [1.29, 1.82) is 0 Å². The van der Waals surface area contributed by atoms with Gasteiger partial charge in [-0.15, -0.1) is 0 Å². The molecule has 3 rings (SSSR count). The zero-order chi connectivity index (χ0) is 15.1. The Hall–Kier alpha value is -1.30. The molecular formula is C14H13Cl2NO4. The second kappa shape index (κ2) is 5.48. The van der Waals surface area contributed by atoms with E-state index >= 15 is 0 Å². The minimum absolute atomic E-state index is 0.320. The number of amides is 1. The number of halogens is 2. The van der Waals surface area contributed by atoms with Gasteiger partial charge in [0.15, 0.2) is 0 Å². The fourth-order valence-electron chi connectivity index (χ4n) is 3.12. The average Bonchev–Trinajstić information content (AvgIpc) is 3.03. The largest absolute Gasteiger partial charge is 0.481 e. The number of carbonyl (C=O) groups is 2. The molecule has 2 aliphatic rings. The van der Waals surface area contributed by atoms with Crippen LogP contribution in [0.2, 0.25) is 10.0 Å². The molecule has 2 N–H and O–H groups in total. The van der Waals surface area contributed by atoms with Crippen LogP contribution in [0.15, 0.2) is 18.2 Å². The number of anilines is 1. The van der Waals surface area contributed by atoms with Crippen LogP contribution in [-0.4, -0.2) is 29.2 Å². The molecule has 0 spiro atoms. The maximum absolute atomic E-state index is 12.4. The Morgan fingerprint density at radius 3 is 2.43 bits per heavy atom. The van der Waals surface area contributed by atoms with Crippen molar-refractivity contribution >= 4 is 40.8 Å². The van der Waals surface area contributed by atoms with E-state index in [-0.39, 0.29) is 18.1 Å². The van der Waals surface area contributed by atoms with E-state index in [2.05, 4.69) is 5.32 Å². The predicted molar refractivity (Wildman–Crippen MR) is 77.6 cm³/mol. The molecule has 0 unspecified atom stereocenters. The molecule has 0 radical (unpaired) electrons. The summed E-state index contributed by atoms with van der Waals surface area (Å²) in [6.07, 6.45) is 0.724. The van der Waals surface area contributed by atoms with Gasteiger partial charge in [-0.2, -0.15) is 0 Å². The van der Waals surface area contributed by atoms with Crippen molar-refractivity contribution in [3.63, 3.8) is 0 Å². The second-order valence-corrected chi connectivity index (χ2v) is 6.11. The van der Waals surface area contributed by atoms with Crippen molar-refractivity contribution in [1.82, 2.24) is 0 Å². The highest BCUT2D eigenvalue weighted by Gasteiger charge is 2.55. The molecule has 2 aliphatic heterocycles. The number of aliphatic carboxylic acids is 1. The first-order valence-corrected chi connectivity index (χ1v) is 7.37. The lowest BCUT2D eigenvalue weighted by Crippen LogP contribution is -2.40. The lowest BCUT2D eigenvalue weighted by molar-refractivity contribution is -0.147. The van der Waals surface area contributed by atoms with Gasteiger partial charge in [-0.1, -0.05) is 23.2 Å². The number of fused-ring (bicyclic) bond motifs is 2. The third kappa shape index (κ3) is 2.61. The molecular weight excluding hydrogens is 317 g/mol. The summed E-state index contributed by atoms with van der Waals surface area (Å²) in [5.41, 5.74) is 0.487. The van der Waals surface area contributed by atoms with Crippen LogP contribution in [0, 0.1) is 11.8 Å². The summed E-state index contributed by atoms with van der Waals surface area (Å²) in [4.78, 5) is 23.7. The summed E-state index contributed by atoms with van der Waals surface area (Å²) < 4.78 is 5.57. The van der Waals surface area contributed by atoms with Gasteiger partial charge in [0, 0.05) is 5.69 Å². The zero-order valence-electron chi connectivity index (χ0n) is 10.9. The molecule has 2 heterocycles.